The molecule has 3 heterocycles. The Hall–Kier alpha value is -3.88. The maximum absolute atomic E-state index is 13.4. The van der Waals surface area contributed by atoms with Crippen molar-refractivity contribution in [2.24, 2.45) is 0 Å². The number of aliphatic hydroxyl groups is 1. The van der Waals surface area contributed by atoms with Crippen molar-refractivity contribution in [3.63, 3.8) is 0 Å². The standard InChI is InChI=1S/C29H30N2O6/c1-20-7-12-24(37-20)27(32)25-26(31(29(34)28(25)33)14-13-30-15-17-35-18-16-30)22-8-10-23(11-9-22)36-19-21-5-3-2-4-6-21/h2-12,26,33H,13-19H2,1H3/t26-/m0/s1. The van der Waals surface area contributed by atoms with E-state index >= 15 is 0 Å². The minimum absolute atomic E-state index is 0.0271. The second kappa shape index (κ2) is 11.0. The van der Waals surface area contributed by atoms with Crippen LogP contribution in [-0.4, -0.2) is 66.0 Å². The van der Waals surface area contributed by atoms with Crippen LogP contribution in [0.15, 0.2) is 82.5 Å². The molecule has 2 aliphatic rings. The summed E-state index contributed by atoms with van der Waals surface area (Å²) in [6, 6.07) is 19.7. The highest BCUT2D eigenvalue weighted by atomic mass is 16.5. The lowest BCUT2D eigenvalue weighted by Crippen LogP contribution is -2.43. The number of rotatable bonds is 9. The first kappa shape index (κ1) is 24.8. The van der Waals surface area contributed by atoms with Crippen molar-refractivity contribution in [2.75, 3.05) is 39.4 Å². The molecule has 1 amide bonds. The van der Waals surface area contributed by atoms with Gasteiger partial charge >= 0.3 is 0 Å². The van der Waals surface area contributed by atoms with Gasteiger partial charge in [-0.05, 0) is 42.3 Å². The molecular formula is C29H30N2O6. The molecule has 0 unspecified atom stereocenters. The summed E-state index contributed by atoms with van der Waals surface area (Å²) in [5.41, 5.74) is 1.79. The molecule has 0 saturated carbocycles. The molecule has 1 atom stereocenters. The molecule has 1 fully saturated rings. The van der Waals surface area contributed by atoms with Crippen molar-refractivity contribution in [2.45, 2.75) is 19.6 Å². The van der Waals surface area contributed by atoms with E-state index in [0.29, 0.717) is 50.0 Å². The summed E-state index contributed by atoms with van der Waals surface area (Å²) < 4.78 is 16.9. The molecule has 1 N–H and O–H groups in total. The van der Waals surface area contributed by atoms with Crippen LogP contribution in [0.1, 0.15) is 33.5 Å². The Balaban J connectivity index is 1.40. The predicted molar refractivity (Wildman–Crippen MR) is 136 cm³/mol. The van der Waals surface area contributed by atoms with Crippen LogP contribution >= 0.6 is 0 Å². The number of amides is 1. The number of ether oxygens (including phenoxy) is 2. The topological polar surface area (TPSA) is 92.5 Å². The molecule has 0 aliphatic carbocycles. The fourth-order valence-corrected chi connectivity index (χ4v) is 4.71. The Bertz CT molecular complexity index is 1280. The second-order valence-corrected chi connectivity index (χ2v) is 9.20. The third-order valence-electron chi connectivity index (χ3n) is 6.72. The smallest absolute Gasteiger partial charge is 0.290 e. The van der Waals surface area contributed by atoms with Crippen LogP contribution < -0.4 is 4.74 Å². The van der Waals surface area contributed by atoms with Gasteiger partial charge in [-0.1, -0.05) is 42.5 Å². The van der Waals surface area contributed by atoms with Gasteiger partial charge in [0.1, 0.15) is 18.1 Å². The fourth-order valence-electron chi connectivity index (χ4n) is 4.71. The van der Waals surface area contributed by atoms with E-state index in [-0.39, 0.29) is 11.3 Å². The number of Topliss-reactive ketones (excluding diaryl/α,β-unsaturated/α-hetero) is 1. The van der Waals surface area contributed by atoms with Crippen molar-refractivity contribution in [1.29, 1.82) is 0 Å². The number of hydrogen-bond acceptors (Lipinski definition) is 7. The van der Waals surface area contributed by atoms with Crippen LogP contribution in [0.5, 0.6) is 5.75 Å². The molecular weight excluding hydrogens is 472 g/mol. The molecule has 37 heavy (non-hydrogen) atoms. The molecule has 3 aromatic rings. The van der Waals surface area contributed by atoms with Gasteiger partial charge < -0.3 is 23.9 Å². The first-order chi connectivity index (χ1) is 18.0. The number of hydrogen-bond donors (Lipinski definition) is 1. The van der Waals surface area contributed by atoms with E-state index in [1.54, 1.807) is 24.0 Å². The summed E-state index contributed by atoms with van der Waals surface area (Å²) >= 11 is 0. The Morgan fingerprint density at radius 1 is 1.00 bits per heavy atom. The molecule has 0 bridgehead atoms. The summed E-state index contributed by atoms with van der Waals surface area (Å²) in [5.74, 6) is -0.255. The van der Waals surface area contributed by atoms with Crippen molar-refractivity contribution in [3.8, 4) is 5.75 Å². The summed E-state index contributed by atoms with van der Waals surface area (Å²) in [7, 11) is 0. The lowest BCUT2D eigenvalue weighted by atomic mass is 9.95. The van der Waals surface area contributed by atoms with Crippen LogP contribution in [-0.2, 0) is 16.1 Å². The molecule has 0 radical (unpaired) electrons. The molecule has 1 aromatic heterocycles. The average molecular weight is 503 g/mol. The zero-order valence-electron chi connectivity index (χ0n) is 20.8. The number of carbonyl (C=O) groups is 2. The number of aryl methyl sites for hydroxylation is 1. The van der Waals surface area contributed by atoms with Gasteiger partial charge in [0.05, 0.1) is 24.8 Å². The summed E-state index contributed by atoms with van der Waals surface area (Å²) in [6.45, 7) is 5.97. The highest BCUT2D eigenvalue weighted by Crippen LogP contribution is 2.39. The maximum atomic E-state index is 13.4. The van der Waals surface area contributed by atoms with E-state index < -0.39 is 23.5 Å². The molecule has 0 spiro atoms. The highest BCUT2D eigenvalue weighted by molar-refractivity contribution is 6.15. The molecule has 5 rings (SSSR count). The molecule has 8 nitrogen and oxygen atoms in total. The van der Waals surface area contributed by atoms with Gasteiger partial charge in [0.2, 0.25) is 5.78 Å². The summed E-state index contributed by atoms with van der Waals surface area (Å²) in [4.78, 5) is 30.4. The lowest BCUT2D eigenvalue weighted by molar-refractivity contribution is -0.129. The van der Waals surface area contributed by atoms with Crippen LogP contribution in [0.4, 0.5) is 0 Å². The minimum Gasteiger partial charge on any atom is -0.503 e. The quantitative estimate of drug-likeness (QED) is 0.441. The largest absolute Gasteiger partial charge is 0.503 e. The van der Waals surface area contributed by atoms with Gasteiger partial charge in [-0.3, -0.25) is 14.5 Å². The van der Waals surface area contributed by atoms with E-state index in [2.05, 4.69) is 4.90 Å². The monoisotopic (exact) mass is 502 g/mol. The van der Waals surface area contributed by atoms with E-state index in [1.807, 2.05) is 54.6 Å². The van der Waals surface area contributed by atoms with Gasteiger partial charge in [0.25, 0.3) is 5.91 Å². The predicted octanol–water partition coefficient (Wildman–Crippen LogP) is 4.08. The van der Waals surface area contributed by atoms with Crippen LogP contribution in [0.25, 0.3) is 0 Å². The number of morpholine rings is 1. The first-order valence-electron chi connectivity index (χ1n) is 12.4. The maximum Gasteiger partial charge on any atom is 0.290 e. The number of aliphatic hydroxyl groups excluding tert-OH is 1. The van der Waals surface area contributed by atoms with Crippen molar-refractivity contribution in [1.82, 2.24) is 9.80 Å². The number of furan rings is 1. The molecule has 2 aliphatic heterocycles. The van der Waals surface area contributed by atoms with Gasteiger partial charge in [-0.25, -0.2) is 0 Å². The number of ketones is 1. The highest BCUT2D eigenvalue weighted by Gasteiger charge is 2.44. The number of carbonyl (C=O) groups excluding carboxylic acids is 2. The minimum atomic E-state index is -0.741. The van der Waals surface area contributed by atoms with Crippen LogP contribution in [0.3, 0.4) is 0 Å². The van der Waals surface area contributed by atoms with E-state index in [9.17, 15) is 14.7 Å². The van der Waals surface area contributed by atoms with E-state index in [1.165, 1.54) is 0 Å². The number of benzene rings is 2. The molecule has 8 heteroatoms. The molecule has 192 valence electrons. The normalized spacial score (nSPS) is 18.5. The fraction of sp³-hybridized carbons (Fsp3) is 0.310. The zero-order chi connectivity index (χ0) is 25.8. The van der Waals surface area contributed by atoms with Gasteiger partial charge in [-0.15, -0.1) is 0 Å². The van der Waals surface area contributed by atoms with Crippen LogP contribution in [0.2, 0.25) is 0 Å². The Morgan fingerprint density at radius 2 is 1.73 bits per heavy atom. The molecule has 1 saturated heterocycles. The van der Waals surface area contributed by atoms with Gasteiger partial charge in [-0.2, -0.15) is 0 Å². The summed E-state index contributed by atoms with van der Waals surface area (Å²) in [6.07, 6.45) is 0. The Kier molecular flexibility index (Phi) is 7.39. The van der Waals surface area contributed by atoms with Crippen molar-refractivity contribution in [3.05, 3.63) is 101 Å². The van der Waals surface area contributed by atoms with Crippen molar-refractivity contribution >= 4 is 11.7 Å². The third kappa shape index (κ3) is 5.45. The Morgan fingerprint density at radius 3 is 2.41 bits per heavy atom. The number of nitrogens with zero attached hydrogens (tertiary/aromatic N) is 2. The zero-order valence-corrected chi connectivity index (χ0v) is 20.8. The Labute approximate surface area is 215 Å². The van der Waals surface area contributed by atoms with E-state index in [0.717, 1.165) is 18.7 Å². The SMILES string of the molecule is Cc1ccc(C(=O)C2=C(O)C(=O)N(CCN3CCOCC3)[C@H]2c2ccc(OCc3ccccc3)cc2)o1. The van der Waals surface area contributed by atoms with Gasteiger partial charge in [0, 0.05) is 26.2 Å². The second-order valence-electron chi connectivity index (χ2n) is 9.20. The lowest BCUT2D eigenvalue weighted by Gasteiger charge is -2.31. The third-order valence-corrected chi connectivity index (χ3v) is 6.72. The van der Waals surface area contributed by atoms with Gasteiger partial charge in [0.15, 0.2) is 11.5 Å². The summed E-state index contributed by atoms with van der Waals surface area (Å²) in [5, 5.41) is 10.9. The van der Waals surface area contributed by atoms with Crippen LogP contribution in [0, 0.1) is 6.92 Å². The van der Waals surface area contributed by atoms with E-state index in [4.69, 9.17) is 13.9 Å². The average Bonchev–Trinajstić information content (AvgIpc) is 3.48. The van der Waals surface area contributed by atoms with Crippen molar-refractivity contribution < 1.29 is 28.6 Å². The molecule has 2 aromatic carbocycles. The first-order valence-corrected chi connectivity index (χ1v) is 12.4.